The van der Waals surface area contributed by atoms with E-state index < -0.39 is 0 Å². The molecule has 2 heterocycles. The lowest BCUT2D eigenvalue weighted by Gasteiger charge is -2.07. The van der Waals surface area contributed by atoms with Crippen LogP contribution in [0.2, 0.25) is 4.34 Å². The molecule has 0 fully saturated rings. The van der Waals surface area contributed by atoms with Gasteiger partial charge in [0.15, 0.2) is 5.78 Å². The number of hydrogen-bond acceptors (Lipinski definition) is 4. The number of carbonyl (C=O) groups is 1. The first-order valence-corrected chi connectivity index (χ1v) is 9.50. The van der Waals surface area contributed by atoms with Gasteiger partial charge < -0.3 is 9.15 Å². The minimum absolute atomic E-state index is 0.0960. The standard InChI is InChI=1S/C21H19ClO3S/c1-14(2)15-3-5-16(6-4-15)24-13-18-8-7-17(25-18)9-10-19(23)20-11-12-21(22)26-20/h3-12,14H,13H2,1-2H3/b10-9+. The fraction of sp³-hybridized carbons (Fsp3) is 0.190. The first-order valence-electron chi connectivity index (χ1n) is 8.30. The Kier molecular flexibility index (Phi) is 5.96. The highest BCUT2D eigenvalue weighted by atomic mass is 35.5. The summed E-state index contributed by atoms with van der Waals surface area (Å²) in [6.07, 6.45) is 3.13. The van der Waals surface area contributed by atoms with E-state index in [-0.39, 0.29) is 5.78 Å². The molecule has 0 aliphatic heterocycles. The van der Waals surface area contributed by atoms with E-state index in [0.717, 1.165) is 5.75 Å². The van der Waals surface area contributed by atoms with Crippen LogP contribution in [-0.2, 0) is 6.61 Å². The number of rotatable bonds is 7. The van der Waals surface area contributed by atoms with E-state index in [1.807, 2.05) is 24.3 Å². The number of furan rings is 1. The SMILES string of the molecule is CC(C)c1ccc(OCc2ccc(/C=C/C(=O)c3ccc(Cl)s3)o2)cc1. The summed E-state index contributed by atoms with van der Waals surface area (Å²) >= 11 is 7.10. The summed E-state index contributed by atoms with van der Waals surface area (Å²) < 4.78 is 12.0. The second kappa shape index (κ2) is 8.39. The van der Waals surface area contributed by atoms with Gasteiger partial charge in [-0.2, -0.15) is 0 Å². The number of carbonyl (C=O) groups excluding carboxylic acids is 1. The van der Waals surface area contributed by atoms with Crippen LogP contribution in [0.25, 0.3) is 6.08 Å². The zero-order valence-corrected chi connectivity index (χ0v) is 16.1. The van der Waals surface area contributed by atoms with Crippen molar-refractivity contribution in [2.75, 3.05) is 0 Å². The third-order valence-corrected chi connectivity index (χ3v) is 5.07. The van der Waals surface area contributed by atoms with Crippen LogP contribution in [0.3, 0.4) is 0 Å². The third-order valence-electron chi connectivity index (χ3n) is 3.83. The zero-order chi connectivity index (χ0) is 18.5. The van der Waals surface area contributed by atoms with Crippen molar-refractivity contribution in [3.05, 3.63) is 80.9 Å². The Hall–Kier alpha value is -2.30. The van der Waals surface area contributed by atoms with Crippen LogP contribution in [0, 0.1) is 0 Å². The van der Waals surface area contributed by atoms with Gasteiger partial charge in [0.25, 0.3) is 0 Å². The maximum atomic E-state index is 12.0. The molecule has 3 nitrogen and oxygen atoms in total. The average Bonchev–Trinajstić information content (AvgIpc) is 3.27. The number of hydrogen-bond donors (Lipinski definition) is 0. The summed E-state index contributed by atoms with van der Waals surface area (Å²) in [7, 11) is 0. The Bertz CT molecular complexity index is 903. The highest BCUT2D eigenvalue weighted by Crippen LogP contribution is 2.23. The minimum Gasteiger partial charge on any atom is -0.486 e. The van der Waals surface area contributed by atoms with Gasteiger partial charge in [0, 0.05) is 0 Å². The number of ketones is 1. The molecule has 0 saturated heterocycles. The maximum Gasteiger partial charge on any atom is 0.195 e. The molecule has 0 atom stereocenters. The summed E-state index contributed by atoms with van der Waals surface area (Å²) in [4.78, 5) is 12.6. The van der Waals surface area contributed by atoms with E-state index in [1.54, 1.807) is 18.2 Å². The molecule has 0 aliphatic carbocycles. The van der Waals surface area contributed by atoms with Gasteiger partial charge in [-0.25, -0.2) is 0 Å². The van der Waals surface area contributed by atoms with Gasteiger partial charge in [-0.3, -0.25) is 4.79 Å². The smallest absolute Gasteiger partial charge is 0.195 e. The van der Waals surface area contributed by atoms with Crippen LogP contribution >= 0.6 is 22.9 Å². The van der Waals surface area contributed by atoms with Crippen LogP contribution < -0.4 is 4.74 Å². The van der Waals surface area contributed by atoms with Crippen molar-refractivity contribution in [3.8, 4) is 5.75 Å². The first-order chi connectivity index (χ1) is 12.5. The fourth-order valence-corrected chi connectivity index (χ4v) is 3.31. The Labute approximate surface area is 161 Å². The lowest BCUT2D eigenvalue weighted by Crippen LogP contribution is -1.94. The molecule has 0 bridgehead atoms. The highest BCUT2D eigenvalue weighted by Gasteiger charge is 2.06. The normalized spacial score (nSPS) is 11.4. The fourth-order valence-electron chi connectivity index (χ4n) is 2.35. The van der Waals surface area contributed by atoms with Gasteiger partial charge in [-0.1, -0.05) is 37.6 Å². The lowest BCUT2D eigenvalue weighted by molar-refractivity contribution is 0.105. The van der Waals surface area contributed by atoms with Crippen molar-refractivity contribution in [1.29, 1.82) is 0 Å². The molecule has 0 N–H and O–H groups in total. The molecular formula is C21H19ClO3S. The van der Waals surface area contributed by atoms with Gasteiger partial charge in [0.1, 0.15) is 23.9 Å². The largest absolute Gasteiger partial charge is 0.486 e. The van der Waals surface area contributed by atoms with E-state index in [4.69, 9.17) is 20.8 Å². The van der Waals surface area contributed by atoms with Crippen molar-refractivity contribution >= 4 is 34.8 Å². The number of allylic oxidation sites excluding steroid dienone is 1. The molecule has 0 radical (unpaired) electrons. The van der Waals surface area contributed by atoms with Gasteiger partial charge >= 0.3 is 0 Å². The highest BCUT2D eigenvalue weighted by molar-refractivity contribution is 7.18. The average molecular weight is 387 g/mol. The summed E-state index contributed by atoms with van der Waals surface area (Å²) in [6, 6.07) is 15.1. The predicted octanol–water partition coefficient (Wildman–Crippen LogP) is 6.59. The number of benzene rings is 1. The van der Waals surface area contributed by atoms with Crippen LogP contribution in [0.4, 0.5) is 0 Å². The second-order valence-electron chi connectivity index (χ2n) is 6.12. The summed E-state index contributed by atoms with van der Waals surface area (Å²) in [6.45, 7) is 4.65. The molecule has 134 valence electrons. The number of halogens is 1. The van der Waals surface area contributed by atoms with Crippen molar-refractivity contribution in [2.24, 2.45) is 0 Å². The van der Waals surface area contributed by atoms with Crippen LogP contribution in [0.15, 0.2) is 59.0 Å². The molecule has 0 amide bonds. The molecule has 3 rings (SSSR count). The molecule has 3 aromatic rings. The summed E-state index contributed by atoms with van der Waals surface area (Å²) in [5.74, 6) is 2.50. The van der Waals surface area contributed by atoms with Crippen molar-refractivity contribution in [1.82, 2.24) is 0 Å². The Morgan fingerprint density at radius 1 is 1.15 bits per heavy atom. The molecule has 0 spiro atoms. The molecule has 1 aromatic carbocycles. The summed E-state index contributed by atoms with van der Waals surface area (Å²) in [5, 5.41) is 0. The van der Waals surface area contributed by atoms with Crippen molar-refractivity contribution < 1.29 is 13.9 Å². The monoisotopic (exact) mass is 386 g/mol. The Balaban J connectivity index is 1.56. The Morgan fingerprint density at radius 3 is 2.58 bits per heavy atom. The second-order valence-corrected chi connectivity index (χ2v) is 7.83. The lowest BCUT2D eigenvalue weighted by atomic mass is 10.0. The van der Waals surface area contributed by atoms with E-state index in [0.29, 0.717) is 33.3 Å². The first kappa shape index (κ1) is 18.5. The Morgan fingerprint density at radius 2 is 1.92 bits per heavy atom. The summed E-state index contributed by atoms with van der Waals surface area (Å²) in [5.41, 5.74) is 1.28. The predicted molar refractivity (Wildman–Crippen MR) is 106 cm³/mol. The minimum atomic E-state index is -0.0960. The zero-order valence-electron chi connectivity index (χ0n) is 14.6. The quantitative estimate of drug-likeness (QED) is 0.339. The maximum absolute atomic E-state index is 12.0. The molecule has 0 saturated carbocycles. The number of ether oxygens (including phenoxy) is 1. The topological polar surface area (TPSA) is 39.4 Å². The van der Waals surface area contributed by atoms with Gasteiger partial charge in [-0.15, -0.1) is 11.3 Å². The molecule has 0 unspecified atom stereocenters. The van der Waals surface area contributed by atoms with Crippen LogP contribution in [0.5, 0.6) is 5.75 Å². The number of thiophene rings is 1. The van der Waals surface area contributed by atoms with E-state index in [1.165, 1.54) is 23.0 Å². The van der Waals surface area contributed by atoms with E-state index in [9.17, 15) is 4.79 Å². The van der Waals surface area contributed by atoms with Gasteiger partial charge in [0.05, 0.1) is 9.21 Å². The van der Waals surface area contributed by atoms with Gasteiger partial charge in [0.2, 0.25) is 0 Å². The van der Waals surface area contributed by atoms with Crippen LogP contribution in [-0.4, -0.2) is 5.78 Å². The molecule has 26 heavy (non-hydrogen) atoms. The van der Waals surface area contributed by atoms with Gasteiger partial charge in [-0.05, 0) is 60.0 Å². The van der Waals surface area contributed by atoms with E-state index >= 15 is 0 Å². The third kappa shape index (κ3) is 4.87. The molecule has 5 heteroatoms. The van der Waals surface area contributed by atoms with Crippen molar-refractivity contribution in [3.63, 3.8) is 0 Å². The van der Waals surface area contributed by atoms with Crippen molar-refractivity contribution in [2.45, 2.75) is 26.4 Å². The molecule has 2 aromatic heterocycles. The molecular weight excluding hydrogens is 368 g/mol. The van der Waals surface area contributed by atoms with E-state index in [2.05, 4.69) is 26.0 Å². The molecule has 0 aliphatic rings. The van der Waals surface area contributed by atoms with Crippen LogP contribution in [0.1, 0.15) is 46.5 Å².